The zero-order valence-electron chi connectivity index (χ0n) is 19.5. The van der Waals surface area contributed by atoms with Crippen LogP contribution in [0, 0.1) is 19.7 Å². The minimum absolute atomic E-state index is 0.0477. The van der Waals surface area contributed by atoms with Crippen molar-refractivity contribution in [2.75, 3.05) is 5.32 Å². The number of nitrogens with one attached hydrogen (secondary N) is 2. The summed E-state index contributed by atoms with van der Waals surface area (Å²) in [6.45, 7) is 8.36. The summed E-state index contributed by atoms with van der Waals surface area (Å²) < 4.78 is 16.7. The molecule has 1 amide bonds. The Labute approximate surface area is 197 Å². The molecule has 8 heteroatoms. The van der Waals surface area contributed by atoms with Crippen LogP contribution in [0.4, 0.5) is 16.0 Å². The summed E-state index contributed by atoms with van der Waals surface area (Å²) in [6, 6.07) is 12.5. The molecule has 2 N–H and O–H groups in total. The minimum Gasteiger partial charge on any atom is -0.345 e. The first-order chi connectivity index (χ1) is 16.3. The quantitative estimate of drug-likeness (QED) is 0.424. The Morgan fingerprint density at radius 1 is 1.09 bits per heavy atom. The van der Waals surface area contributed by atoms with Crippen molar-refractivity contribution >= 4 is 17.5 Å². The lowest BCUT2D eigenvalue weighted by Crippen LogP contribution is -2.16. The molecule has 0 bridgehead atoms. The number of nitrogens with zero attached hydrogens (tertiary/aromatic N) is 4. The number of hydrogen-bond acceptors (Lipinski definition) is 5. The lowest BCUT2D eigenvalue weighted by atomic mass is 10.0. The monoisotopic (exact) mass is 456 g/mol. The van der Waals surface area contributed by atoms with E-state index in [0.717, 1.165) is 28.1 Å². The van der Waals surface area contributed by atoms with E-state index in [4.69, 9.17) is 0 Å². The fourth-order valence-electron chi connectivity index (χ4n) is 4.18. The van der Waals surface area contributed by atoms with Crippen LogP contribution in [0.5, 0.6) is 0 Å². The number of hydrogen-bond donors (Lipinski definition) is 2. The third-order valence-corrected chi connectivity index (χ3v) is 6.12. The van der Waals surface area contributed by atoms with Crippen LogP contribution < -0.4 is 10.6 Å². The molecule has 0 saturated heterocycles. The standard InChI is InChI=1S/C26H25FN6O/c1-5-33-26(30-23-12-20-16(4)29-25(34)21(20)10-14(23)2)31-24(32-33)17-8-9-19(22(27)11-17)18-7-6-15(3)28-13-18/h6-13,16H,5H2,1-4H3,(H,29,34)(H,30,31,32). The van der Waals surface area contributed by atoms with Gasteiger partial charge in [-0.2, -0.15) is 4.98 Å². The summed E-state index contributed by atoms with van der Waals surface area (Å²) in [6.07, 6.45) is 1.67. The molecule has 34 heavy (non-hydrogen) atoms. The lowest BCUT2D eigenvalue weighted by Gasteiger charge is -2.12. The van der Waals surface area contributed by atoms with E-state index < -0.39 is 0 Å². The van der Waals surface area contributed by atoms with Gasteiger partial charge in [-0.25, -0.2) is 9.07 Å². The van der Waals surface area contributed by atoms with Crippen LogP contribution in [0.2, 0.25) is 0 Å². The van der Waals surface area contributed by atoms with Crippen molar-refractivity contribution in [3.05, 3.63) is 76.9 Å². The average molecular weight is 457 g/mol. The number of pyridine rings is 1. The molecule has 0 fully saturated rings. The highest BCUT2D eigenvalue weighted by atomic mass is 19.1. The fraction of sp³-hybridized carbons (Fsp3) is 0.231. The molecule has 3 heterocycles. The van der Waals surface area contributed by atoms with Crippen molar-refractivity contribution in [2.24, 2.45) is 0 Å². The van der Waals surface area contributed by atoms with Gasteiger partial charge in [0.05, 0.1) is 6.04 Å². The number of carbonyl (C=O) groups excluding carboxylic acids is 1. The van der Waals surface area contributed by atoms with Gasteiger partial charge in [0.2, 0.25) is 5.95 Å². The van der Waals surface area contributed by atoms with E-state index in [1.165, 1.54) is 6.07 Å². The summed E-state index contributed by atoms with van der Waals surface area (Å²) in [5.41, 5.74) is 6.10. The van der Waals surface area contributed by atoms with Crippen LogP contribution >= 0.6 is 0 Å². The maximum absolute atomic E-state index is 15.0. The van der Waals surface area contributed by atoms with Gasteiger partial charge in [0.25, 0.3) is 5.91 Å². The maximum Gasteiger partial charge on any atom is 0.252 e. The van der Waals surface area contributed by atoms with Crippen molar-refractivity contribution in [2.45, 2.75) is 40.3 Å². The summed E-state index contributed by atoms with van der Waals surface area (Å²) in [5, 5.41) is 10.9. The Bertz CT molecular complexity index is 1410. The van der Waals surface area contributed by atoms with Gasteiger partial charge in [0.1, 0.15) is 5.82 Å². The van der Waals surface area contributed by atoms with Gasteiger partial charge in [0.15, 0.2) is 5.82 Å². The second kappa shape index (κ2) is 8.37. The zero-order chi connectivity index (χ0) is 24.0. The first-order valence-corrected chi connectivity index (χ1v) is 11.2. The largest absolute Gasteiger partial charge is 0.345 e. The van der Waals surface area contributed by atoms with Crippen LogP contribution in [0.15, 0.2) is 48.7 Å². The molecule has 4 aromatic rings. The SMILES string of the molecule is CCn1nc(-c2ccc(-c3ccc(C)nc3)c(F)c2)nc1Nc1cc2c(cc1C)C(=O)NC2C. The Balaban J connectivity index is 1.46. The summed E-state index contributed by atoms with van der Waals surface area (Å²) in [4.78, 5) is 21.0. The molecular formula is C26H25FN6O. The van der Waals surface area contributed by atoms with E-state index in [1.54, 1.807) is 16.9 Å². The Morgan fingerprint density at radius 3 is 2.59 bits per heavy atom. The van der Waals surface area contributed by atoms with Crippen LogP contribution in [0.1, 0.15) is 47.1 Å². The minimum atomic E-state index is -0.355. The highest BCUT2D eigenvalue weighted by Gasteiger charge is 2.26. The molecule has 1 aliphatic rings. The predicted octanol–water partition coefficient (Wildman–Crippen LogP) is 5.33. The second-order valence-electron chi connectivity index (χ2n) is 8.53. The van der Waals surface area contributed by atoms with Gasteiger partial charge >= 0.3 is 0 Å². The third kappa shape index (κ3) is 3.81. The van der Waals surface area contributed by atoms with Crippen molar-refractivity contribution in [3.8, 4) is 22.5 Å². The van der Waals surface area contributed by atoms with Crippen molar-refractivity contribution < 1.29 is 9.18 Å². The summed E-state index contributed by atoms with van der Waals surface area (Å²) in [5.74, 6) is 0.577. The van der Waals surface area contributed by atoms with Crippen molar-refractivity contribution in [1.29, 1.82) is 0 Å². The molecule has 172 valence electrons. The highest BCUT2D eigenvalue weighted by molar-refractivity contribution is 6.00. The van der Waals surface area contributed by atoms with E-state index in [-0.39, 0.29) is 17.8 Å². The average Bonchev–Trinajstić information content (AvgIpc) is 3.35. The van der Waals surface area contributed by atoms with Gasteiger partial charge in [-0.05, 0) is 63.1 Å². The molecular weight excluding hydrogens is 431 g/mol. The van der Waals surface area contributed by atoms with Gasteiger partial charge in [-0.1, -0.05) is 18.2 Å². The number of amides is 1. The van der Waals surface area contributed by atoms with E-state index >= 15 is 0 Å². The summed E-state index contributed by atoms with van der Waals surface area (Å²) in [7, 11) is 0. The van der Waals surface area contributed by atoms with Gasteiger partial charge in [0, 0.05) is 46.4 Å². The maximum atomic E-state index is 15.0. The number of benzene rings is 2. The predicted molar refractivity (Wildman–Crippen MR) is 129 cm³/mol. The van der Waals surface area contributed by atoms with Crippen LogP contribution in [-0.4, -0.2) is 25.7 Å². The molecule has 1 atom stereocenters. The number of aryl methyl sites for hydroxylation is 3. The lowest BCUT2D eigenvalue weighted by molar-refractivity contribution is 0.0958. The number of halogens is 1. The van der Waals surface area contributed by atoms with E-state index in [2.05, 4.69) is 25.7 Å². The normalized spacial score (nSPS) is 14.7. The first kappa shape index (κ1) is 21.8. The zero-order valence-corrected chi connectivity index (χ0v) is 19.5. The molecule has 7 nitrogen and oxygen atoms in total. The van der Waals surface area contributed by atoms with E-state index in [0.29, 0.717) is 35.0 Å². The van der Waals surface area contributed by atoms with Crippen molar-refractivity contribution in [1.82, 2.24) is 25.1 Å². The number of carbonyl (C=O) groups is 1. The highest BCUT2D eigenvalue weighted by Crippen LogP contribution is 2.32. The molecule has 0 aliphatic carbocycles. The smallest absolute Gasteiger partial charge is 0.252 e. The Hall–Kier alpha value is -4.07. The van der Waals surface area contributed by atoms with Gasteiger partial charge in [-0.3, -0.25) is 9.78 Å². The first-order valence-electron chi connectivity index (χ1n) is 11.2. The molecule has 2 aromatic heterocycles. The fourth-order valence-corrected chi connectivity index (χ4v) is 4.18. The third-order valence-electron chi connectivity index (χ3n) is 6.12. The van der Waals surface area contributed by atoms with Crippen LogP contribution in [0.3, 0.4) is 0 Å². The Morgan fingerprint density at radius 2 is 1.88 bits per heavy atom. The topological polar surface area (TPSA) is 84.7 Å². The number of rotatable bonds is 5. The molecule has 0 radical (unpaired) electrons. The van der Waals surface area contributed by atoms with E-state index in [1.807, 2.05) is 58.0 Å². The van der Waals surface area contributed by atoms with Gasteiger partial charge in [-0.15, -0.1) is 5.10 Å². The number of fused-ring (bicyclic) bond motifs is 1. The molecule has 1 aliphatic heterocycles. The number of aromatic nitrogens is 4. The molecule has 0 saturated carbocycles. The van der Waals surface area contributed by atoms with Crippen LogP contribution in [0.25, 0.3) is 22.5 Å². The molecule has 2 aromatic carbocycles. The molecule has 1 unspecified atom stereocenters. The second-order valence-corrected chi connectivity index (χ2v) is 8.53. The molecule has 5 rings (SSSR count). The van der Waals surface area contributed by atoms with Gasteiger partial charge < -0.3 is 10.6 Å². The Kier molecular flexibility index (Phi) is 5.36. The van der Waals surface area contributed by atoms with Crippen molar-refractivity contribution in [3.63, 3.8) is 0 Å². The number of anilines is 2. The van der Waals surface area contributed by atoms with Crippen LogP contribution in [-0.2, 0) is 6.54 Å². The summed E-state index contributed by atoms with van der Waals surface area (Å²) >= 11 is 0. The van der Waals surface area contributed by atoms with E-state index in [9.17, 15) is 9.18 Å². The molecule has 0 spiro atoms.